The van der Waals surface area contributed by atoms with Crippen molar-refractivity contribution in [1.82, 2.24) is 20.2 Å². The van der Waals surface area contributed by atoms with E-state index in [1.807, 2.05) is 6.92 Å². The predicted octanol–water partition coefficient (Wildman–Crippen LogP) is 2.23. The van der Waals surface area contributed by atoms with Crippen LogP contribution in [-0.2, 0) is 6.42 Å². The number of carbonyl (C=O) groups is 1. The Labute approximate surface area is 112 Å². The van der Waals surface area contributed by atoms with E-state index in [0.29, 0.717) is 12.2 Å². The van der Waals surface area contributed by atoms with Crippen LogP contribution in [0.3, 0.4) is 0 Å². The predicted molar refractivity (Wildman–Crippen MR) is 65.5 cm³/mol. The van der Waals surface area contributed by atoms with Crippen LogP contribution >= 0.6 is 23.2 Å². The lowest BCUT2D eigenvalue weighted by atomic mass is 10.1. The Hall–Kier alpha value is -1.66. The number of rotatable bonds is 3. The van der Waals surface area contributed by atoms with Crippen molar-refractivity contribution in [2.24, 2.45) is 0 Å². The van der Waals surface area contributed by atoms with Crippen LogP contribution in [0.5, 0.6) is 0 Å². The van der Waals surface area contributed by atoms with Crippen LogP contribution in [0.2, 0.25) is 10.0 Å². The van der Waals surface area contributed by atoms with Crippen LogP contribution in [0.1, 0.15) is 23.1 Å². The first-order chi connectivity index (χ1) is 8.54. The van der Waals surface area contributed by atoms with Crippen LogP contribution in [0.25, 0.3) is 5.69 Å². The molecule has 0 fully saturated rings. The Morgan fingerprint density at radius 3 is 2.78 bits per heavy atom. The Morgan fingerprint density at radius 2 is 2.17 bits per heavy atom. The van der Waals surface area contributed by atoms with Crippen LogP contribution in [0.15, 0.2) is 12.1 Å². The van der Waals surface area contributed by atoms with Crippen LogP contribution in [0.4, 0.5) is 0 Å². The van der Waals surface area contributed by atoms with Crippen molar-refractivity contribution < 1.29 is 9.90 Å². The number of tetrazole rings is 1. The van der Waals surface area contributed by atoms with Crippen LogP contribution < -0.4 is 0 Å². The van der Waals surface area contributed by atoms with Gasteiger partial charge >= 0.3 is 5.97 Å². The van der Waals surface area contributed by atoms with Gasteiger partial charge in [0.15, 0.2) is 5.82 Å². The zero-order valence-electron chi connectivity index (χ0n) is 9.26. The molecule has 0 unspecified atom stereocenters. The van der Waals surface area contributed by atoms with Crippen molar-refractivity contribution in [1.29, 1.82) is 0 Å². The van der Waals surface area contributed by atoms with Gasteiger partial charge in [0.1, 0.15) is 5.69 Å². The molecule has 0 saturated carbocycles. The third kappa shape index (κ3) is 2.16. The number of hydrogen-bond donors (Lipinski definition) is 1. The summed E-state index contributed by atoms with van der Waals surface area (Å²) in [7, 11) is 0. The van der Waals surface area contributed by atoms with Gasteiger partial charge in [0.25, 0.3) is 0 Å². The number of hydrogen-bond acceptors (Lipinski definition) is 4. The molecule has 6 nitrogen and oxygen atoms in total. The molecule has 1 N–H and O–H groups in total. The zero-order chi connectivity index (χ0) is 13.3. The first-order valence-electron chi connectivity index (χ1n) is 5.04. The summed E-state index contributed by atoms with van der Waals surface area (Å²) >= 11 is 11.8. The van der Waals surface area contributed by atoms with Crippen molar-refractivity contribution in [3.05, 3.63) is 33.6 Å². The van der Waals surface area contributed by atoms with Crippen molar-refractivity contribution in [2.75, 3.05) is 0 Å². The molecule has 94 valence electrons. The van der Waals surface area contributed by atoms with E-state index in [-0.39, 0.29) is 21.3 Å². The van der Waals surface area contributed by atoms with Gasteiger partial charge in [-0.25, -0.2) is 4.79 Å². The molecule has 18 heavy (non-hydrogen) atoms. The van der Waals surface area contributed by atoms with Gasteiger partial charge in [-0.15, -0.1) is 5.10 Å². The summed E-state index contributed by atoms with van der Waals surface area (Å²) < 4.78 is 1.31. The minimum absolute atomic E-state index is 0.0468. The first-order valence-corrected chi connectivity index (χ1v) is 5.80. The number of benzene rings is 1. The maximum Gasteiger partial charge on any atom is 0.338 e. The molecule has 0 radical (unpaired) electrons. The van der Waals surface area contributed by atoms with E-state index in [9.17, 15) is 9.90 Å². The van der Waals surface area contributed by atoms with Gasteiger partial charge < -0.3 is 5.11 Å². The third-order valence-electron chi connectivity index (χ3n) is 2.32. The van der Waals surface area contributed by atoms with Gasteiger partial charge in [-0.1, -0.05) is 30.1 Å². The minimum atomic E-state index is -1.15. The van der Waals surface area contributed by atoms with E-state index in [1.165, 1.54) is 16.8 Å². The highest BCUT2D eigenvalue weighted by Gasteiger charge is 2.20. The zero-order valence-corrected chi connectivity index (χ0v) is 10.8. The largest absolute Gasteiger partial charge is 0.478 e. The number of nitrogens with zero attached hydrogens (tertiary/aromatic N) is 4. The fourth-order valence-corrected chi connectivity index (χ4v) is 2.12. The lowest BCUT2D eigenvalue weighted by Gasteiger charge is -2.09. The number of halogens is 2. The fourth-order valence-electron chi connectivity index (χ4n) is 1.54. The molecular formula is C10H8Cl2N4O2. The second kappa shape index (κ2) is 4.91. The number of carboxylic acid groups (broad SMARTS) is 1. The van der Waals surface area contributed by atoms with Crippen molar-refractivity contribution in [2.45, 2.75) is 13.3 Å². The Bertz CT molecular complexity index is 612. The smallest absolute Gasteiger partial charge is 0.338 e. The number of aryl methyl sites for hydroxylation is 1. The van der Waals surface area contributed by atoms with Crippen molar-refractivity contribution >= 4 is 29.2 Å². The van der Waals surface area contributed by atoms with Gasteiger partial charge in [0.05, 0.1) is 10.6 Å². The molecule has 0 saturated heterocycles. The summed E-state index contributed by atoms with van der Waals surface area (Å²) in [4.78, 5) is 11.2. The fraction of sp³-hybridized carbons (Fsp3) is 0.200. The second-order valence-corrected chi connectivity index (χ2v) is 4.29. The first kappa shape index (κ1) is 12.8. The summed E-state index contributed by atoms with van der Waals surface area (Å²) in [6, 6.07) is 2.76. The maximum atomic E-state index is 11.2. The molecule has 0 atom stereocenters. The summed E-state index contributed by atoms with van der Waals surface area (Å²) in [5, 5.41) is 20.7. The second-order valence-electron chi connectivity index (χ2n) is 3.45. The average Bonchev–Trinajstić information content (AvgIpc) is 2.75. The van der Waals surface area contributed by atoms with E-state index in [1.54, 1.807) is 0 Å². The molecule has 1 heterocycles. The molecular weight excluding hydrogens is 279 g/mol. The topological polar surface area (TPSA) is 80.9 Å². The Kier molecular flexibility index (Phi) is 3.49. The van der Waals surface area contributed by atoms with E-state index >= 15 is 0 Å². The molecule has 1 aromatic heterocycles. The number of aromatic carboxylic acids is 1. The maximum absolute atomic E-state index is 11.2. The molecule has 2 rings (SSSR count). The monoisotopic (exact) mass is 286 g/mol. The van der Waals surface area contributed by atoms with Gasteiger partial charge in [-0.3, -0.25) is 0 Å². The lowest BCUT2D eigenvalue weighted by molar-refractivity contribution is 0.0696. The van der Waals surface area contributed by atoms with Crippen molar-refractivity contribution in [3.8, 4) is 5.69 Å². The molecule has 1 aromatic carbocycles. The summed E-state index contributed by atoms with van der Waals surface area (Å²) in [5.74, 6) is -0.631. The van der Waals surface area contributed by atoms with E-state index in [2.05, 4.69) is 15.5 Å². The standard InChI is InChI=1S/C10H8Cl2N4O2/c1-2-8-13-14-15-16(8)9-6(10(17)18)3-5(11)4-7(9)12/h3-4H,2H2,1H3,(H,17,18). The van der Waals surface area contributed by atoms with E-state index in [0.717, 1.165) is 0 Å². The summed E-state index contributed by atoms with van der Waals surface area (Å²) in [6.07, 6.45) is 0.547. The summed E-state index contributed by atoms with van der Waals surface area (Å²) in [6.45, 7) is 1.85. The molecule has 8 heteroatoms. The third-order valence-corrected chi connectivity index (χ3v) is 2.83. The SMILES string of the molecule is CCc1nnnn1-c1c(Cl)cc(Cl)cc1C(=O)O. The van der Waals surface area contributed by atoms with Gasteiger partial charge in [-0.05, 0) is 22.6 Å². The van der Waals surface area contributed by atoms with Gasteiger partial charge in [-0.2, -0.15) is 4.68 Å². The molecule has 0 amide bonds. The summed E-state index contributed by atoms with van der Waals surface area (Å²) in [5.41, 5.74) is 0.171. The Balaban J connectivity index is 2.74. The van der Waals surface area contributed by atoms with E-state index < -0.39 is 5.97 Å². The van der Waals surface area contributed by atoms with E-state index in [4.69, 9.17) is 23.2 Å². The molecule has 2 aromatic rings. The van der Waals surface area contributed by atoms with Gasteiger partial charge in [0.2, 0.25) is 0 Å². The molecule has 0 aliphatic carbocycles. The highest BCUT2D eigenvalue weighted by molar-refractivity contribution is 6.36. The van der Waals surface area contributed by atoms with Gasteiger partial charge in [0, 0.05) is 11.4 Å². The quantitative estimate of drug-likeness (QED) is 0.936. The van der Waals surface area contributed by atoms with Crippen molar-refractivity contribution in [3.63, 3.8) is 0 Å². The highest BCUT2D eigenvalue weighted by atomic mass is 35.5. The minimum Gasteiger partial charge on any atom is -0.478 e. The molecule has 0 aliphatic rings. The highest BCUT2D eigenvalue weighted by Crippen LogP contribution is 2.28. The average molecular weight is 287 g/mol. The number of carboxylic acids is 1. The molecule has 0 bridgehead atoms. The van der Waals surface area contributed by atoms with Crippen LogP contribution in [0, 0.1) is 0 Å². The lowest BCUT2D eigenvalue weighted by Crippen LogP contribution is -2.10. The normalized spacial score (nSPS) is 10.6. The molecule has 0 aliphatic heterocycles. The number of aromatic nitrogens is 4. The Morgan fingerprint density at radius 1 is 1.44 bits per heavy atom. The molecule has 0 spiro atoms. The van der Waals surface area contributed by atoms with Crippen LogP contribution in [-0.4, -0.2) is 31.3 Å².